The molecule has 1 aliphatic heterocycles. The number of benzene rings is 1. The van der Waals surface area contributed by atoms with Gasteiger partial charge in [-0.3, -0.25) is 0 Å². The Bertz CT molecular complexity index is 758. The lowest BCUT2D eigenvalue weighted by atomic mass is 10.1. The van der Waals surface area contributed by atoms with Gasteiger partial charge in [-0.05, 0) is 44.4 Å². The number of halogens is 4. The quantitative estimate of drug-likeness (QED) is 0.807. The van der Waals surface area contributed by atoms with E-state index in [1.165, 1.54) is 12.5 Å². The molecular weight excluding hydrogens is 353 g/mol. The molecule has 2 aromatic rings. The number of alkyl halides is 3. The first kappa shape index (κ1) is 17.8. The maximum Gasteiger partial charge on any atom is 0.416 e. The summed E-state index contributed by atoms with van der Waals surface area (Å²) < 4.78 is 38.7. The fourth-order valence-electron chi connectivity index (χ4n) is 2.79. The van der Waals surface area contributed by atoms with Crippen LogP contribution in [-0.2, 0) is 6.18 Å². The SMILES string of the molecule is Cc1cc(Nc2cc(C(F)(F)F)ccc2Cl)nc(N2CCCCC2)n1. The molecule has 1 fully saturated rings. The van der Waals surface area contributed by atoms with Gasteiger partial charge >= 0.3 is 6.18 Å². The first-order chi connectivity index (χ1) is 11.8. The van der Waals surface area contributed by atoms with Gasteiger partial charge in [0.05, 0.1) is 16.3 Å². The number of rotatable bonds is 3. The zero-order valence-corrected chi connectivity index (χ0v) is 14.5. The normalized spacial score (nSPS) is 15.3. The average Bonchev–Trinajstić information content (AvgIpc) is 2.56. The van der Waals surface area contributed by atoms with Crippen molar-refractivity contribution in [2.24, 2.45) is 0 Å². The number of anilines is 3. The highest BCUT2D eigenvalue weighted by molar-refractivity contribution is 6.33. The highest BCUT2D eigenvalue weighted by atomic mass is 35.5. The molecule has 25 heavy (non-hydrogen) atoms. The molecule has 0 bridgehead atoms. The van der Waals surface area contributed by atoms with Crippen molar-refractivity contribution < 1.29 is 13.2 Å². The Kier molecular flexibility index (Phi) is 5.03. The van der Waals surface area contributed by atoms with Gasteiger partial charge in [-0.2, -0.15) is 18.2 Å². The predicted molar refractivity (Wildman–Crippen MR) is 92.6 cm³/mol. The summed E-state index contributed by atoms with van der Waals surface area (Å²) >= 11 is 6.04. The van der Waals surface area contributed by atoms with E-state index in [9.17, 15) is 13.2 Å². The third-order valence-electron chi connectivity index (χ3n) is 4.04. The van der Waals surface area contributed by atoms with Crippen LogP contribution in [0.4, 0.5) is 30.6 Å². The molecule has 0 radical (unpaired) electrons. The highest BCUT2D eigenvalue weighted by Gasteiger charge is 2.31. The van der Waals surface area contributed by atoms with E-state index in [1.54, 1.807) is 6.07 Å². The second kappa shape index (κ2) is 7.07. The van der Waals surface area contributed by atoms with Gasteiger partial charge in [0.25, 0.3) is 0 Å². The van der Waals surface area contributed by atoms with Crippen molar-refractivity contribution in [2.45, 2.75) is 32.4 Å². The van der Waals surface area contributed by atoms with E-state index >= 15 is 0 Å². The van der Waals surface area contributed by atoms with Gasteiger partial charge in [0.2, 0.25) is 5.95 Å². The third-order valence-corrected chi connectivity index (χ3v) is 4.37. The molecule has 0 amide bonds. The monoisotopic (exact) mass is 370 g/mol. The number of aryl methyl sites for hydroxylation is 1. The second-order valence-electron chi connectivity index (χ2n) is 6.06. The highest BCUT2D eigenvalue weighted by Crippen LogP contribution is 2.35. The number of hydrogen-bond acceptors (Lipinski definition) is 4. The van der Waals surface area contributed by atoms with Crippen LogP contribution in [-0.4, -0.2) is 23.1 Å². The second-order valence-corrected chi connectivity index (χ2v) is 6.47. The van der Waals surface area contributed by atoms with Gasteiger partial charge in [0.15, 0.2) is 0 Å². The van der Waals surface area contributed by atoms with Gasteiger partial charge in [-0.25, -0.2) is 4.98 Å². The molecule has 1 aromatic carbocycles. The van der Waals surface area contributed by atoms with Gasteiger partial charge in [0.1, 0.15) is 5.82 Å². The molecule has 4 nitrogen and oxygen atoms in total. The maximum absolute atomic E-state index is 12.9. The zero-order valence-electron chi connectivity index (χ0n) is 13.7. The summed E-state index contributed by atoms with van der Waals surface area (Å²) in [4.78, 5) is 11.0. The number of aromatic nitrogens is 2. The molecule has 0 unspecified atom stereocenters. The molecule has 2 heterocycles. The van der Waals surface area contributed by atoms with Crippen LogP contribution in [0.15, 0.2) is 24.3 Å². The fourth-order valence-corrected chi connectivity index (χ4v) is 2.95. The number of nitrogens with zero attached hydrogens (tertiary/aromatic N) is 3. The molecule has 0 spiro atoms. The summed E-state index contributed by atoms with van der Waals surface area (Å²) in [5.41, 5.74) is 0.141. The maximum atomic E-state index is 12.9. The summed E-state index contributed by atoms with van der Waals surface area (Å²) in [6.07, 6.45) is -1.08. The van der Waals surface area contributed by atoms with Crippen molar-refractivity contribution in [3.63, 3.8) is 0 Å². The van der Waals surface area contributed by atoms with E-state index in [1.807, 2.05) is 6.92 Å². The molecule has 1 aromatic heterocycles. The minimum Gasteiger partial charge on any atom is -0.341 e. The predicted octanol–water partition coefficient (Wildman–Crippen LogP) is 5.19. The first-order valence-corrected chi connectivity index (χ1v) is 8.45. The lowest BCUT2D eigenvalue weighted by molar-refractivity contribution is -0.137. The lowest BCUT2D eigenvalue weighted by Gasteiger charge is -2.27. The molecule has 0 aliphatic carbocycles. The van der Waals surface area contributed by atoms with Crippen LogP contribution in [0.25, 0.3) is 0 Å². The van der Waals surface area contributed by atoms with E-state index < -0.39 is 11.7 Å². The van der Waals surface area contributed by atoms with Gasteiger partial charge < -0.3 is 10.2 Å². The third kappa shape index (κ3) is 4.34. The van der Waals surface area contributed by atoms with Crippen LogP contribution < -0.4 is 10.2 Å². The van der Waals surface area contributed by atoms with Crippen LogP contribution >= 0.6 is 11.6 Å². The molecule has 0 atom stereocenters. The number of piperidine rings is 1. The largest absolute Gasteiger partial charge is 0.416 e. The Morgan fingerprint density at radius 3 is 2.48 bits per heavy atom. The topological polar surface area (TPSA) is 41.1 Å². The van der Waals surface area contributed by atoms with Gasteiger partial charge in [-0.1, -0.05) is 11.6 Å². The van der Waals surface area contributed by atoms with Gasteiger partial charge in [-0.15, -0.1) is 0 Å². The van der Waals surface area contributed by atoms with E-state index in [0.29, 0.717) is 11.8 Å². The van der Waals surface area contributed by atoms with Gasteiger partial charge in [0, 0.05) is 24.8 Å². The molecule has 1 saturated heterocycles. The van der Waals surface area contributed by atoms with E-state index in [2.05, 4.69) is 20.2 Å². The minimum atomic E-state index is -4.43. The Balaban J connectivity index is 1.89. The van der Waals surface area contributed by atoms with Crippen LogP contribution in [0.3, 0.4) is 0 Å². The Morgan fingerprint density at radius 1 is 1.08 bits per heavy atom. The van der Waals surface area contributed by atoms with Crippen LogP contribution in [0.1, 0.15) is 30.5 Å². The number of hydrogen-bond donors (Lipinski definition) is 1. The summed E-state index contributed by atoms with van der Waals surface area (Å²) in [5, 5.41) is 3.09. The molecule has 1 N–H and O–H groups in total. The van der Waals surface area contributed by atoms with Crippen molar-refractivity contribution in [3.8, 4) is 0 Å². The van der Waals surface area contributed by atoms with E-state index in [0.717, 1.165) is 43.8 Å². The van der Waals surface area contributed by atoms with E-state index in [4.69, 9.17) is 11.6 Å². The Morgan fingerprint density at radius 2 is 1.80 bits per heavy atom. The standard InChI is InChI=1S/C17H18ClF3N4/c1-11-9-15(24-16(22-11)25-7-3-2-4-8-25)23-14-10-12(17(19,20)21)5-6-13(14)18/h5-6,9-10H,2-4,7-8H2,1H3,(H,22,23,24). The zero-order chi connectivity index (χ0) is 18.0. The average molecular weight is 371 g/mol. The van der Waals surface area contributed by atoms with E-state index in [-0.39, 0.29) is 10.7 Å². The van der Waals surface area contributed by atoms with Crippen LogP contribution in [0.2, 0.25) is 5.02 Å². The lowest BCUT2D eigenvalue weighted by Crippen LogP contribution is -2.31. The summed E-state index contributed by atoms with van der Waals surface area (Å²) in [6, 6.07) is 4.86. The Labute approximate surface area is 149 Å². The molecule has 1 aliphatic rings. The summed E-state index contributed by atoms with van der Waals surface area (Å²) in [6.45, 7) is 3.59. The molecular formula is C17H18ClF3N4. The fraction of sp³-hybridized carbons (Fsp3) is 0.412. The van der Waals surface area contributed by atoms with Crippen molar-refractivity contribution in [2.75, 3.05) is 23.3 Å². The molecule has 8 heteroatoms. The number of nitrogens with one attached hydrogen (secondary N) is 1. The van der Waals surface area contributed by atoms with Crippen LogP contribution in [0, 0.1) is 6.92 Å². The van der Waals surface area contributed by atoms with Crippen LogP contribution in [0.5, 0.6) is 0 Å². The molecule has 134 valence electrons. The molecule has 3 rings (SSSR count). The first-order valence-electron chi connectivity index (χ1n) is 8.07. The van der Waals surface area contributed by atoms with Crippen molar-refractivity contribution >= 4 is 29.1 Å². The van der Waals surface area contributed by atoms with Crippen molar-refractivity contribution in [3.05, 3.63) is 40.5 Å². The smallest absolute Gasteiger partial charge is 0.341 e. The molecule has 0 saturated carbocycles. The summed E-state index contributed by atoms with van der Waals surface area (Å²) in [5.74, 6) is 1.01. The Hall–Kier alpha value is -2.02. The van der Waals surface area contributed by atoms with Crippen molar-refractivity contribution in [1.29, 1.82) is 0 Å². The summed E-state index contributed by atoms with van der Waals surface area (Å²) in [7, 11) is 0. The minimum absolute atomic E-state index is 0.166. The van der Waals surface area contributed by atoms with Crippen molar-refractivity contribution in [1.82, 2.24) is 9.97 Å².